The van der Waals surface area contributed by atoms with Crippen LogP contribution in [0.15, 0.2) is 11.0 Å². The summed E-state index contributed by atoms with van der Waals surface area (Å²) in [5.41, 5.74) is 0. The zero-order valence-electron chi connectivity index (χ0n) is 6.33. The highest BCUT2D eigenvalue weighted by molar-refractivity contribution is 8.07. The van der Waals surface area contributed by atoms with E-state index in [9.17, 15) is 0 Å². The Hall–Kier alpha value is 0.440. The van der Waals surface area contributed by atoms with Crippen molar-refractivity contribution >= 4 is 23.5 Å². The molecule has 1 saturated heterocycles. The van der Waals surface area contributed by atoms with Crippen LogP contribution in [0.3, 0.4) is 0 Å². The Morgan fingerprint density at radius 2 is 2.40 bits per heavy atom. The lowest BCUT2D eigenvalue weighted by Crippen LogP contribution is -2.04. The highest BCUT2D eigenvalue weighted by atomic mass is 32.2. The van der Waals surface area contributed by atoms with Gasteiger partial charge >= 0.3 is 0 Å². The van der Waals surface area contributed by atoms with Crippen LogP contribution in [-0.4, -0.2) is 15.7 Å². The van der Waals surface area contributed by atoms with Crippen LogP contribution in [0.25, 0.3) is 0 Å². The third-order valence-electron chi connectivity index (χ3n) is 2.06. The van der Waals surface area contributed by atoms with Gasteiger partial charge in [0, 0.05) is 15.7 Å². The van der Waals surface area contributed by atoms with Gasteiger partial charge in [0.25, 0.3) is 0 Å². The van der Waals surface area contributed by atoms with E-state index >= 15 is 0 Å². The van der Waals surface area contributed by atoms with Gasteiger partial charge in [0.1, 0.15) is 0 Å². The standard InChI is InChI=1S/C8H12S2/c1-5-3-7-8(9-5)4-6(2)10-7/h3,6-8H,4H2,1-2H3. The molecule has 1 fully saturated rings. The second-order valence-corrected chi connectivity index (χ2v) is 6.19. The van der Waals surface area contributed by atoms with Crippen molar-refractivity contribution in [3.63, 3.8) is 0 Å². The predicted molar refractivity (Wildman–Crippen MR) is 50.6 cm³/mol. The molecular formula is C8H12S2. The van der Waals surface area contributed by atoms with Crippen LogP contribution in [0.2, 0.25) is 0 Å². The maximum Gasteiger partial charge on any atom is 0.0363 e. The molecule has 0 bridgehead atoms. The summed E-state index contributed by atoms with van der Waals surface area (Å²) in [6.45, 7) is 4.57. The summed E-state index contributed by atoms with van der Waals surface area (Å²) in [4.78, 5) is 1.54. The van der Waals surface area contributed by atoms with E-state index in [1.165, 1.54) is 11.3 Å². The topological polar surface area (TPSA) is 0 Å². The van der Waals surface area contributed by atoms with Crippen molar-refractivity contribution in [2.75, 3.05) is 0 Å². The number of allylic oxidation sites excluding steroid dienone is 1. The predicted octanol–water partition coefficient (Wildman–Crippen LogP) is 2.90. The first-order valence-corrected chi connectivity index (χ1v) is 5.58. The first-order valence-electron chi connectivity index (χ1n) is 3.76. The molecule has 10 heavy (non-hydrogen) atoms. The smallest absolute Gasteiger partial charge is 0.0363 e. The van der Waals surface area contributed by atoms with Crippen LogP contribution >= 0.6 is 23.5 Å². The monoisotopic (exact) mass is 172 g/mol. The van der Waals surface area contributed by atoms with E-state index in [-0.39, 0.29) is 0 Å². The minimum Gasteiger partial charge on any atom is -0.150 e. The molecule has 0 amide bonds. The summed E-state index contributed by atoms with van der Waals surface area (Å²) in [6, 6.07) is 0. The summed E-state index contributed by atoms with van der Waals surface area (Å²) < 4.78 is 0. The molecule has 0 aromatic heterocycles. The number of fused-ring (bicyclic) bond motifs is 1. The summed E-state index contributed by atoms with van der Waals surface area (Å²) in [5.74, 6) is 0. The maximum atomic E-state index is 2.43. The second-order valence-electron chi connectivity index (χ2n) is 3.08. The minimum absolute atomic E-state index is 0.847. The van der Waals surface area contributed by atoms with Crippen molar-refractivity contribution in [2.45, 2.75) is 36.0 Å². The number of thioether (sulfide) groups is 2. The largest absolute Gasteiger partial charge is 0.150 e. The van der Waals surface area contributed by atoms with Gasteiger partial charge in [-0.3, -0.25) is 0 Å². The molecule has 3 atom stereocenters. The Morgan fingerprint density at radius 3 is 3.10 bits per heavy atom. The average Bonchev–Trinajstić information content (AvgIpc) is 2.21. The lowest BCUT2D eigenvalue weighted by Gasteiger charge is -2.03. The molecule has 2 heteroatoms. The Bertz CT molecular complexity index is 174. The zero-order chi connectivity index (χ0) is 7.14. The van der Waals surface area contributed by atoms with Gasteiger partial charge in [-0.1, -0.05) is 13.0 Å². The Morgan fingerprint density at radius 1 is 1.60 bits per heavy atom. The summed E-state index contributed by atoms with van der Waals surface area (Å²) in [5, 5.41) is 2.66. The van der Waals surface area contributed by atoms with E-state index in [1.807, 2.05) is 0 Å². The minimum atomic E-state index is 0.847. The molecule has 2 aliphatic heterocycles. The summed E-state index contributed by atoms with van der Waals surface area (Å²) in [6.07, 6.45) is 3.84. The van der Waals surface area contributed by atoms with Gasteiger partial charge in [-0.05, 0) is 18.2 Å². The third kappa shape index (κ3) is 1.12. The number of hydrogen-bond donors (Lipinski definition) is 0. The average molecular weight is 172 g/mol. The normalized spacial score (nSPS) is 45.4. The van der Waals surface area contributed by atoms with E-state index in [2.05, 4.69) is 43.4 Å². The van der Waals surface area contributed by atoms with Crippen LogP contribution in [0.5, 0.6) is 0 Å². The van der Waals surface area contributed by atoms with Gasteiger partial charge in [-0.2, -0.15) is 11.8 Å². The zero-order valence-corrected chi connectivity index (χ0v) is 7.97. The van der Waals surface area contributed by atoms with Crippen LogP contribution in [-0.2, 0) is 0 Å². The molecule has 56 valence electrons. The molecule has 0 aromatic rings. The molecule has 0 saturated carbocycles. The molecule has 0 N–H and O–H groups in total. The molecule has 0 aliphatic carbocycles. The molecule has 2 rings (SSSR count). The lowest BCUT2D eigenvalue weighted by atomic mass is 10.2. The van der Waals surface area contributed by atoms with Crippen molar-refractivity contribution in [2.24, 2.45) is 0 Å². The van der Waals surface area contributed by atoms with Crippen molar-refractivity contribution in [1.82, 2.24) is 0 Å². The number of rotatable bonds is 0. The van der Waals surface area contributed by atoms with Gasteiger partial charge in [-0.15, -0.1) is 11.8 Å². The van der Waals surface area contributed by atoms with Gasteiger partial charge in [0.2, 0.25) is 0 Å². The fraction of sp³-hybridized carbons (Fsp3) is 0.750. The quantitative estimate of drug-likeness (QED) is 0.551. The fourth-order valence-electron chi connectivity index (χ4n) is 1.64. The summed E-state index contributed by atoms with van der Waals surface area (Å²) in [7, 11) is 0. The van der Waals surface area contributed by atoms with Crippen LogP contribution < -0.4 is 0 Å². The van der Waals surface area contributed by atoms with Gasteiger partial charge in [0.05, 0.1) is 0 Å². The van der Waals surface area contributed by atoms with Gasteiger partial charge in [-0.25, -0.2) is 0 Å². The van der Waals surface area contributed by atoms with Crippen molar-refractivity contribution < 1.29 is 0 Å². The van der Waals surface area contributed by atoms with Crippen LogP contribution in [0.4, 0.5) is 0 Å². The molecule has 0 aromatic carbocycles. The molecule has 0 radical (unpaired) electrons. The Kier molecular flexibility index (Phi) is 1.77. The van der Waals surface area contributed by atoms with Crippen molar-refractivity contribution in [1.29, 1.82) is 0 Å². The summed E-state index contributed by atoms with van der Waals surface area (Å²) >= 11 is 4.22. The van der Waals surface area contributed by atoms with E-state index in [0.29, 0.717) is 0 Å². The molecule has 0 spiro atoms. The SMILES string of the molecule is CC1=CC2SC(C)CC2S1. The van der Waals surface area contributed by atoms with E-state index in [0.717, 1.165) is 15.7 Å². The van der Waals surface area contributed by atoms with E-state index < -0.39 is 0 Å². The second kappa shape index (κ2) is 2.49. The number of hydrogen-bond acceptors (Lipinski definition) is 2. The molecule has 2 heterocycles. The van der Waals surface area contributed by atoms with Gasteiger partial charge in [0.15, 0.2) is 0 Å². The highest BCUT2D eigenvalue weighted by Crippen LogP contribution is 2.48. The van der Waals surface area contributed by atoms with Gasteiger partial charge < -0.3 is 0 Å². The van der Waals surface area contributed by atoms with Crippen molar-refractivity contribution in [3.8, 4) is 0 Å². The molecule has 0 nitrogen and oxygen atoms in total. The molecule has 3 unspecified atom stereocenters. The highest BCUT2D eigenvalue weighted by Gasteiger charge is 2.35. The fourth-order valence-corrected chi connectivity index (χ4v) is 4.94. The van der Waals surface area contributed by atoms with Crippen molar-refractivity contribution in [3.05, 3.63) is 11.0 Å². The first kappa shape index (κ1) is 7.11. The van der Waals surface area contributed by atoms with E-state index in [1.54, 1.807) is 0 Å². The van der Waals surface area contributed by atoms with Crippen LogP contribution in [0.1, 0.15) is 20.3 Å². The maximum absolute atomic E-state index is 2.43. The van der Waals surface area contributed by atoms with E-state index in [4.69, 9.17) is 0 Å². The molecule has 2 aliphatic rings. The lowest BCUT2D eigenvalue weighted by molar-refractivity contribution is 0.827. The first-order chi connectivity index (χ1) is 4.75. The third-order valence-corrected chi connectivity index (χ3v) is 4.96. The van der Waals surface area contributed by atoms with Crippen LogP contribution in [0, 0.1) is 0 Å². The molecular weight excluding hydrogens is 160 g/mol. The Balaban J connectivity index is 2.10. The Labute approximate surface area is 70.8 Å².